The molecule has 0 amide bonds. The summed E-state index contributed by atoms with van der Waals surface area (Å²) in [6.45, 7) is 4.01. The number of rotatable bonds is 3. The summed E-state index contributed by atoms with van der Waals surface area (Å²) in [4.78, 5) is 10.4. The molecule has 3 N–H and O–H groups in total. The Bertz CT molecular complexity index is 553. The second-order valence-corrected chi connectivity index (χ2v) is 4.21. The van der Waals surface area contributed by atoms with E-state index in [2.05, 4.69) is 34.5 Å². The van der Waals surface area contributed by atoms with Crippen LogP contribution in [-0.2, 0) is 0 Å². The molecule has 0 saturated heterocycles. The van der Waals surface area contributed by atoms with E-state index < -0.39 is 0 Å². The first-order chi connectivity index (χ1) is 8.63. The average Bonchev–Trinajstić information content (AvgIpc) is 2.38. The van der Waals surface area contributed by atoms with Gasteiger partial charge in [0.2, 0.25) is 0 Å². The van der Waals surface area contributed by atoms with Crippen LogP contribution in [0.5, 0.6) is 0 Å². The van der Waals surface area contributed by atoms with Crippen molar-refractivity contribution in [1.82, 2.24) is 9.97 Å². The minimum atomic E-state index is 0.638. The third-order valence-corrected chi connectivity index (χ3v) is 2.90. The zero-order valence-electron chi connectivity index (χ0n) is 10.8. The molecule has 1 heterocycles. The van der Waals surface area contributed by atoms with E-state index in [1.807, 2.05) is 31.0 Å². The van der Waals surface area contributed by atoms with Crippen molar-refractivity contribution in [3.05, 3.63) is 41.7 Å². The number of hydrogen-bond acceptors (Lipinski definition) is 5. The summed E-state index contributed by atoms with van der Waals surface area (Å²) in [5.41, 5.74) is 5.79. The van der Waals surface area contributed by atoms with Crippen molar-refractivity contribution in [2.24, 2.45) is 5.84 Å². The molecular weight excluding hydrogens is 226 g/mol. The van der Waals surface area contributed by atoms with Gasteiger partial charge in [-0.2, -0.15) is 0 Å². The van der Waals surface area contributed by atoms with Crippen LogP contribution in [0, 0.1) is 13.8 Å². The van der Waals surface area contributed by atoms with Crippen LogP contribution in [0.4, 0.5) is 17.3 Å². The molecule has 18 heavy (non-hydrogen) atoms. The standard InChI is InChI=1S/C13H17N5/c1-9-5-4-6-11(7-9)18(3)13-10(2)12(17-14)15-8-16-13/h4-8H,14H2,1-3H3,(H,15,16,17). The minimum absolute atomic E-state index is 0.638. The van der Waals surface area contributed by atoms with Crippen molar-refractivity contribution in [2.45, 2.75) is 13.8 Å². The van der Waals surface area contributed by atoms with E-state index in [-0.39, 0.29) is 0 Å². The Balaban J connectivity index is 2.43. The van der Waals surface area contributed by atoms with Crippen LogP contribution in [0.2, 0.25) is 0 Å². The topological polar surface area (TPSA) is 67.1 Å². The molecule has 0 spiro atoms. The quantitative estimate of drug-likeness (QED) is 0.638. The average molecular weight is 243 g/mol. The van der Waals surface area contributed by atoms with E-state index in [1.54, 1.807) is 0 Å². The molecule has 2 aromatic rings. The predicted octanol–water partition coefficient (Wildman–Crippen LogP) is 2.15. The van der Waals surface area contributed by atoms with Crippen LogP contribution < -0.4 is 16.2 Å². The maximum Gasteiger partial charge on any atom is 0.148 e. The zero-order valence-corrected chi connectivity index (χ0v) is 10.8. The highest BCUT2D eigenvalue weighted by atomic mass is 15.3. The van der Waals surface area contributed by atoms with Gasteiger partial charge in [0.1, 0.15) is 18.0 Å². The summed E-state index contributed by atoms with van der Waals surface area (Å²) in [5.74, 6) is 6.90. The van der Waals surface area contributed by atoms with Gasteiger partial charge in [-0.15, -0.1) is 0 Å². The van der Waals surface area contributed by atoms with E-state index in [0.29, 0.717) is 5.82 Å². The molecule has 5 heteroatoms. The fourth-order valence-corrected chi connectivity index (χ4v) is 1.88. The maximum absolute atomic E-state index is 5.42. The van der Waals surface area contributed by atoms with Crippen LogP contribution in [-0.4, -0.2) is 17.0 Å². The molecule has 0 radical (unpaired) electrons. The van der Waals surface area contributed by atoms with E-state index in [1.165, 1.54) is 11.9 Å². The van der Waals surface area contributed by atoms with Gasteiger partial charge < -0.3 is 10.3 Å². The molecule has 1 aromatic heterocycles. The molecule has 1 aromatic carbocycles. The number of anilines is 3. The van der Waals surface area contributed by atoms with Crippen LogP contribution in [0.25, 0.3) is 0 Å². The van der Waals surface area contributed by atoms with Gasteiger partial charge in [-0.3, -0.25) is 0 Å². The summed E-state index contributed by atoms with van der Waals surface area (Å²) in [5, 5.41) is 0. The predicted molar refractivity (Wildman–Crippen MR) is 73.8 cm³/mol. The van der Waals surface area contributed by atoms with Crippen LogP contribution >= 0.6 is 0 Å². The Morgan fingerprint density at radius 1 is 1.22 bits per heavy atom. The SMILES string of the molecule is Cc1cccc(N(C)c2ncnc(NN)c2C)c1. The first-order valence-corrected chi connectivity index (χ1v) is 5.72. The van der Waals surface area contributed by atoms with Crippen molar-refractivity contribution in [1.29, 1.82) is 0 Å². The lowest BCUT2D eigenvalue weighted by Gasteiger charge is -2.21. The lowest BCUT2D eigenvalue weighted by Crippen LogP contribution is -2.16. The second-order valence-electron chi connectivity index (χ2n) is 4.21. The van der Waals surface area contributed by atoms with Gasteiger partial charge in [-0.1, -0.05) is 12.1 Å². The lowest BCUT2D eigenvalue weighted by molar-refractivity contribution is 1.04. The van der Waals surface area contributed by atoms with E-state index >= 15 is 0 Å². The molecule has 0 unspecified atom stereocenters. The minimum Gasteiger partial charge on any atom is -0.329 e. The first-order valence-electron chi connectivity index (χ1n) is 5.72. The summed E-state index contributed by atoms with van der Waals surface area (Å²) < 4.78 is 0. The Hall–Kier alpha value is -2.14. The number of nitrogens with one attached hydrogen (secondary N) is 1. The van der Waals surface area contributed by atoms with Crippen molar-refractivity contribution >= 4 is 17.3 Å². The van der Waals surface area contributed by atoms with Gasteiger partial charge in [-0.25, -0.2) is 15.8 Å². The van der Waals surface area contributed by atoms with E-state index in [0.717, 1.165) is 17.1 Å². The fourth-order valence-electron chi connectivity index (χ4n) is 1.88. The highest BCUT2D eigenvalue weighted by Gasteiger charge is 2.11. The molecule has 0 bridgehead atoms. The van der Waals surface area contributed by atoms with Crippen LogP contribution in [0.1, 0.15) is 11.1 Å². The molecule has 0 atom stereocenters. The largest absolute Gasteiger partial charge is 0.329 e. The number of hydrogen-bond donors (Lipinski definition) is 2. The normalized spacial score (nSPS) is 10.2. The van der Waals surface area contributed by atoms with Crippen molar-refractivity contribution in [3.8, 4) is 0 Å². The Kier molecular flexibility index (Phi) is 3.43. The molecule has 5 nitrogen and oxygen atoms in total. The van der Waals surface area contributed by atoms with Crippen molar-refractivity contribution in [3.63, 3.8) is 0 Å². The number of aryl methyl sites for hydroxylation is 1. The molecule has 94 valence electrons. The lowest BCUT2D eigenvalue weighted by atomic mass is 10.2. The summed E-state index contributed by atoms with van der Waals surface area (Å²) in [6.07, 6.45) is 1.50. The molecule has 0 aliphatic heterocycles. The van der Waals surface area contributed by atoms with Gasteiger partial charge >= 0.3 is 0 Å². The number of aromatic nitrogens is 2. The number of nitrogens with zero attached hydrogens (tertiary/aromatic N) is 3. The monoisotopic (exact) mass is 243 g/mol. The third-order valence-electron chi connectivity index (χ3n) is 2.90. The maximum atomic E-state index is 5.42. The van der Waals surface area contributed by atoms with Gasteiger partial charge in [-0.05, 0) is 31.5 Å². The number of nitrogen functional groups attached to an aromatic ring is 1. The Morgan fingerprint density at radius 2 is 2.00 bits per heavy atom. The highest BCUT2D eigenvalue weighted by molar-refractivity contribution is 5.66. The van der Waals surface area contributed by atoms with Crippen LogP contribution in [0.3, 0.4) is 0 Å². The first kappa shape index (κ1) is 12.3. The van der Waals surface area contributed by atoms with Crippen molar-refractivity contribution in [2.75, 3.05) is 17.4 Å². The van der Waals surface area contributed by atoms with Gasteiger partial charge in [0.15, 0.2) is 0 Å². The van der Waals surface area contributed by atoms with Crippen LogP contribution in [0.15, 0.2) is 30.6 Å². The second kappa shape index (κ2) is 5.01. The summed E-state index contributed by atoms with van der Waals surface area (Å²) in [6, 6.07) is 8.25. The Labute approximate surface area is 107 Å². The summed E-state index contributed by atoms with van der Waals surface area (Å²) >= 11 is 0. The van der Waals surface area contributed by atoms with Gasteiger partial charge in [0.05, 0.1) is 0 Å². The van der Waals surface area contributed by atoms with E-state index in [4.69, 9.17) is 5.84 Å². The molecule has 0 saturated carbocycles. The molecule has 0 aliphatic rings. The van der Waals surface area contributed by atoms with E-state index in [9.17, 15) is 0 Å². The fraction of sp³-hybridized carbons (Fsp3) is 0.231. The highest BCUT2D eigenvalue weighted by Crippen LogP contribution is 2.27. The smallest absolute Gasteiger partial charge is 0.148 e. The van der Waals surface area contributed by atoms with Crippen molar-refractivity contribution < 1.29 is 0 Å². The number of benzene rings is 1. The number of nitrogens with two attached hydrogens (primary N) is 1. The molecular formula is C13H17N5. The zero-order chi connectivity index (χ0) is 13.1. The number of hydrazine groups is 1. The van der Waals surface area contributed by atoms with Gasteiger partial charge in [0.25, 0.3) is 0 Å². The summed E-state index contributed by atoms with van der Waals surface area (Å²) in [7, 11) is 1.98. The Morgan fingerprint density at radius 3 is 2.67 bits per heavy atom. The molecule has 0 aliphatic carbocycles. The molecule has 2 rings (SSSR count). The third kappa shape index (κ3) is 2.26. The molecule has 0 fully saturated rings. The van der Waals surface area contributed by atoms with Gasteiger partial charge in [0, 0.05) is 18.3 Å².